The summed E-state index contributed by atoms with van der Waals surface area (Å²) in [5.74, 6) is 0.720. The maximum atomic E-state index is 9.31. The molecule has 15 heavy (non-hydrogen) atoms. The molecule has 0 aliphatic heterocycles. The van der Waals surface area contributed by atoms with Crippen molar-refractivity contribution in [3.05, 3.63) is 0 Å². The van der Waals surface area contributed by atoms with Gasteiger partial charge in [0, 0.05) is 12.6 Å². The Kier molecular flexibility index (Phi) is 6.41. The Morgan fingerprint density at radius 2 is 1.87 bits per heavy atom. The lowest BCUT2D eigenvalue weighted by Crippen LogP contribution is -2.53. The maximum Gasteiger partial charge on any atom is 0.0623 e. The fourth-order valence-corrected chi connectivity index (χ4v) is 1.78. The Labute approximate surface area is 94.9 Å². The van der Waals surface area contributed by atoms with Crippen LogP contribution in [0.1, 0.15) is 34.1 Å². The van der Waals surface area contributed by atoms with Gasteiger partial charge in [0.15, 0.2) is 0 Å². The van der Waals surface area contributed by atoms with E-state index in [-0.39, 0.29) is 12.1 Å². The van der Waals surface area contributed by atoms with Crippen LogP contribution in [0.4, 0.5) is 0 Å². The van der Waals surface area contributed by atoms with E-state index in [1.807, 2.05) is 14.0 Å². The first-order chi connectivity index (χ1) is 6.84. The molecule has 0 aromatic rings. The summed E-state index contributed by atoms with van der Waals surface area (Å²) >= 11 is 0. The molecule has 0 aliphatic carbocycles. The van der Waals surface area contributed by atoms with Gasteiger partial charge < -0.3 is 15.3 Å². The quantitative estimate of drug-likeness (QED) is 0.674. The third-order valence-electron chi connectivity index (χ3n) is 3.12. The average Bonchev–Trinajstić information content (AvgIpc) is 2.16. The summed E-state index contributed by atoms with van der Waals surface area (Å²) in [7, 11) is 4.02. The predicted molar refractivity (Wildman–Crippen MR) is 66.1 cm³/mol. The smallest absolute Gasteiger partial charge is 0.0623 e. The molecule has 0 saturated heterocycles. The number of aliphatic hydroxyl groups is 1. The number of nitrogens with zero attached hydrogens (tertiary/aromatic N) is 1. The lowest BCUT2D eigenvalue weighted by atomic mass is 10.00. The number of likely N-dealkylation sites (N-methyl/N-ethyl adjacent to an activating group) is 2. The summed E-state index contributed by atoms with van der Waals surface area (Å²) in [6.07, 6.45) is 1.20. The summed E-state index contributed by atoms with van der Waals surface area (Å²) < 4.78 is 0. The van der Waals surface area contributed by atoms with E-state index < -0.39 is 0 Å². The molecular weight excluding hydrogens is 188 g/mol. The van der Waals surface area contributed by atoms with Crippen LogP contribution in [0.3, 0.4) is 0 Å². The van der Waals surface area contributed by atoms with Crippen molar-refractivity contribution in [2.24, 2.45) is 5.92 Å². The number of hydrogen-bond donors (Lipinski definition) is 2. The van der Waals surface area contributed by atoms with Crippen LogP contribution in [0.5, 0.6) is 0 Å². The van der Waals surface area contributed by atoms with Gasteiger partial charge in [-0.3, -0.25) is 0 Å². The highest BCUT2D eigenvalue weighted by molar-refractivity contribution is 4.85. The molecule has 0 fully saturated rings. The average molecular weight is 216 g/mol. The molecule has 0 radical (unpaired) electrons. The zero-order valence-corrected chi connectivity index (χ0v) is 11.2. The minimum atomic E-state index is -0.194. The molecule has 0 amide bonds. The topological polar surface area (TPSA) is 35.5 Å². The van der Waals surface area contributed by atoms with Crippen LogP contribution >= 0.6 is 0 Å². The van der Waals surface area contributed by atoms with Crippen molar-refractivity contribution in [3.63, 3.8) is 0 Å². The van der Waals surface area contributed by atoms with Crippen molar-refractivity contribution in [1.82, 2.24) is 10.2 Å². The molecule has 0 aromatic heterocycles. The zero-order valence-electron chi connectivity index (χ0n) is 11.2. The third kappa shape index (κ3) is 5.50. The van der Waals surface area contributed by atoms with Crippen LogP contribution in [0.15, 0.2) is 0 Å². The van der Waals surface area contributed by atoms with Gasteiger partial charge in [-0.05, 0) is 40.3 Å². The monoisotopic (exact) mass is 216 g/mol. The lowest BCUT2D eigenvalue weighted by Gasteiger charge is -2.35. The zero-order chi connectivity index (χ0) is 12.1. The number of aliphatic hydroxyl groups excluding tert-OH is 1. The summed E-state index contributed by atoms with van der Waals surface area (Å²) in [6.45, 7) is 9.82. The Morgan fingerprint density at radius 1 is 1.33 bits per heavy atom. The van der Waals surface area contributed by atoms with Gasteiger partial charge in [0.25, 0.3) is 0 Å². The first-order valence-electron chi connectivity index (χ1n) is 5.84. The molecule has 0 spiro atoms. The molecule has 3 nitrogen and oxygen atoms in total. The van der Waals surface area contributed by atoms with Crippen molar-refractivity contribution >= 4 is 0 Å². The molecule has 2 N–H and O–H groups in total. The molecule has 0 saturated carbocycles. The van der Waals surface area contributed by atoms with E-state index in [1.54, 1.807) is 0 Å². The molecule has 0 aromatic carbocycles. The van der Waals surface area contributed by atoms with Gasteiger partial charge in [-0.25, -0.2) is 0 Å². The second-order valence-corrected chi connectivity index (χ2v) is 5.36. The van der Waals surface area contributed by atoms with Crippen LogP contribution in [0.25, 0.3) is 0 Å². The van der Waals surface area contributed by atoms with Crippen LogP contribution in [-0.4, -0.2) is 48.8 Å². The number of hydrogen-bond acceptors (Lipinski definition) is 3. The van der Waals surface area contributed by atoms with Crippen molar-refractivity contribution in [2.75, 3.05) is 27.2 Å². The standard InChI is InChI=1S/C12H28N2O/c1-10(2)7-11(3)14(6)8-12(4,9-15)13-5/h10-11,13,15H,7-9H2,1-6H3. The molecule has 2 atom stereocenters. The summed E-state index contributed by atoms with van der Waals surface area (Å²) in [5, 5.41) is 12.5. The molecule has 3 heteroatoms. The molecule has 0 aliphatic rings. The van der Waals surface area contributed by atoms with E-state index in [2.05, 4.69) is 38.0 Å². The highest BCUT2D eigenvalue weighted by atomic mass is 16.3. The van der Waals surface area contributed by atoms with Crippen LogP contribution in [0, 0.1) is 5.92 Å². The van der Waals surface area contributed by atoms with Crippen molar-refractivity contribution in [1.29, 1.82) is 0 Å². The maximum absolute atomic E-state index is 9.31. The molecule has 0 bridgehead atoms. The number of nitrogens with one attached hydrogen (secondary N) is 1. The summed E-state index contributed by atoms with van der Waals surface area (Å²) in [5.41, 5.74) is -0.194. The van der Waals surface area contributed by atoms with Crippen LogP contribution < -0.4 is 5.32 Å². The fraction of sp³-hybridized carbons (Fsp3) is 1.00. The largest absolute Gasteiger partial charge is 0.394 e. The van der Waals surface area contributed by atoms with Gasteiger partial charge >= 0.3 is 0 Å². The van der Waals surface area contributed by atoms with Gasteiger partial charge in [0.2, 0.25) is 0 Å². The minimum Gasteiger partial charge on any atom is -0.394 e. The van der Waals surface area contributed by atoms with Gasteiger partial charge in [-0.15, -0.1) is 0 Å². The van der Waals surface area contributed by atoms with Gasteiger partial charge in [0.1, 0.15) is 0 Å². The predicted octanol–water partition coefficient (Wildman–Crippen LogP) is 1.32. The molecule has 0 rings (SSSR count). The van der Waals surface area contributed by atoms with Gasteiger partial charge in [0.05, 0.1) is 12.1 Å². The summed E-state index contributed by atoms with van der Waals surface area (Å²) in [6, 6.07) is 0.559. The van der Waals surface area contributed by atoms with E-state index in [0.717, 1.165) is 12.5 Å². The first kappa shape index (κ1) is 14.9. The molecular formula is C12H28N2O. The Morgan fingerprint density at radius 3 is 2.20 bits per heavy atom. The highest BCUT2D eigenvalue weighted by Gasteiger charge is 2.24. The molecule has 0 heterocycles. The lowest BCUT2D eigenvalue weighted by molar-refractivity contribution is 0.115. The van der Waals surface area contributed by atoms with Crippen molar-refractivity contribution in [2.45, 2.75) is 45.7 Å². The van der Waals surface area contributed by atoms with E-state index >= 15 is 0 Å². The number of rotatable bonds is 7. The Hall–Kier alpha value is -0.120. The van der Waals surface area contributed by atoms with E-state index in [0.29, 0.717) is 6.04 Å². The Bertz CT molecular complexity index is 167. The van der Waals surface area contributed by atoms with Crippen molar-refractivity contribution < 1.29 is 5.11 Å². The van der Waals surface area contributed by atoms with Crippen LogP contribution in [0.2, 0.25) is 0 Å². The second kappa shape index (κ2) is 6.46. The highest BCUT2D eigenvalue weighted by Crippen LogP contribution is 2.12. The normalized spacial score (nSPS) is 18.2. The third-order valence-corrected chi connectivity index (χ3v) is 3.12. The molecule has 2 unspecified atom stereocenters. The van der Waals surface area contributed by atoms with E-state index in [4.69, 9.17) is 0 Å². The van der Waals surface area contributed by atoms with Crippen LogP contribution in [-0.2, 0) is 0 Å². The van der Waals surface area contributed by atoms with E-state index in [1.165, 1.54) is 6.42 Å². The fourth-order valence-electron chi connectivity index (χ4n) is 1.78. The van der Waals surface area contributed by atoms with Crippen molar-refractivity contribution in [3.8, 4) is 0 Å². The molecule has 92 valence electrons. The van der Waals surface area contributed by atoms with E-state index in [9.17, 15) is 5.11 Å². The SMILES string of the molecule is CNC(C)(CO)CN(C)C(C)CC(C)C. The Balaban J connectivity index is 4.15. The first-order valence-corrected chi connectivity index (χ1v) is 5.84. The minimum absolute atomic E-state index is 0.169. The van der Waals surface area contributed by atoms with Gasteiger partial charge in [-0.2, -0.15) is 0 Å². The van der Waals surface area contributed by atoms with Gasteiger partial charge in [-0.1, -0.05) is 13.8 Å². The summed E-state index contributed by atoms with van der Waals surface area (Å²) in [4.78, 5) is 2.31. The second-order valence-electron chi connectivity index (χ2n) is 5.36.